The maximum absolute atomic E-state index is 5.36. The Bertz CT molecular complexity index is 139. The lowest BCUT2D eigenvalue weighted by Crippen LogP contribution is -2.09. The molecule has 0 unspecified atom stereocenters. The predicted octanol–water partition coefficient (Wildman–Crippen LogP) is 2.53. The molecule has 0 N–H and O–H groups in total. The van der Waals surface area contributed by atoms with Crippen molar-refractivity contribution in [3.8, 4) is 0 Å². The van der Waals surface area contributed by atoms with Crippen LogP contribution in [0.3, 0.4) is 0 Å². The third-order valence-electron chi connectivity index (χ3n) is 1.74. The van der Waals surface area contributed by atoms with Crippen LogP contribution in [0.25, 0.3) is 0 Å². The van der Waals surface area contributed by atoms with Crippen LogP contribution in [-0.4, -0.2) is 25.0 Å². The lowest BCUT2D eigenvalue weighted by Gasteiger charge is -2.06. The average molecular weight is 171 g/mol. The van der Waals surface area contributed by atoms with Gasteiger partial charge in [-0.3, -0.25) is 4.99 Å². The Morgan fingerprint density at radius 1 is 1.25 bits per heavy atom. The molecular formula is C10H21NO. The molecule has 0 saturated carbocycles. The molecule has 0 radical (unpaired) electrons. The molecule has 0 heterocycles. The van der Waals surface area contributed by atoms with Crippen LogP contribution < -0.4 is 0 Å². The summed E-state index contributed by atoms with van der Waals surface area (Å²) in [5.74, 6) is 0.559. The number of hydrogen-bond donors (Lipinski definition) is 0. The van der Waals surface area contributed by atoms with E-state index in [0.29, 0.717) is 12.0 Å². The highest BCUT2D eigenvalue weighted by molar-refractivity contribution is 5.83. The van der Waals surface area contributed by atoms with Gasteiger partial charge >= 0.3 is 0 Å². The third kappa shape index (κ3) is 6.35. The lowest BCUT2D eigenvalue weighted by atomic mass is 10.1. The summed E-state index contributed by atoms with van der Waals surface area (Å²) < 4.78 is 5.36. The second-order valence-electron chi connectivity index (χ2n) is 3.60. The van der Waals surface area contributed by atoms with Crippen molar-refractivity contribution in [1.82, 2.24) is 0 Å². The van der Waals surface area contributed by atoms with Gasteiger partial charge in [-0.25, -0.2) is 0 Å². The molecule has 0 saturated heterocycles. The molecule has 12 heavy (non-hydrogen) atoms. The monoisotopic (exact) mass is 171 g/mol. The minimum atomic E-state index is 0.319. The van der Waals surface area contributed by atoms with Crippen LogP contribution in [0, 0.1) is 5.92 Å². The quantitative estimate of drug-likeness (QED) is 0.460. The summed E-state index contributed by atoms with van der Waals surface area (Å²) in [6.07, 6.45) is 0.319. The molecule has 0 aliphatic carbocycles. The largest absolute Gasteiger partial charge is 0.377 e. The van der Waals surface area contributed by atoms with Crippen molar-refractivity contribution in [3.63, 3.8) is 0 Å². The molecular weight excluding hydrogens is 150 g/mol. The van der Waals surface area contributed by atoms with E-state index in [1.807, 2.05) is 13.8 Å². The van der Waals surface area contributed by atoms with Crippen LogP contribution in [0.5, 0.6) is 0 Å². The first-order chi connectivity index (χ1) is 5.54. The summed E-state index contributed by atoms with van der Waals surface area (Å²) in [7, 11) is 0. The van der Waals surface area contributed by atoms with Crippen molar-refractivity contribution in [1.29, 1.82) is 0 Å². The van der Waals surface area contributed by atoms with E-state index < -0.39 is 0 Å². The molecule has 0 fully saturated rings. The highest BCUT2D eigenvalue weighted by atomic mass is 16.5. The van der Waals surface area contributed by atoms with E-state index in [1.165, 1.54) is 5.71 Å². The van der Waals surface area contributed by atoms with E-state index in [4.69, 9.17) is 4.74 Å². The molecule has 0 atom stereocenters. The number of ether oxygens (including phenoxy) is 1. The van der Waals surface area contributed by atoms with Gasteiger partial charge in [0, 0.05) is 5.71 Å². The molecule has 2 nitrogen and oxygen atoms in total. The normalized spacial score (nSPS) is 13.1. The topological polar surface area (TPSA) is 21.6 Å². The van der Waals surface area contributed by atoms with Gasteiger partial charge in [0.25, 0.3) is 0 Å². The molecule has 0 rings (SSSR count). The summed E-state index contributed by atoms with van der Waals surface area (Å²) in [5, 5.41) is 0. The van der Waals surface area contributed by atoms with E-state index in [1.54, 1.807) is 0 Å². The van der Waals surface area contributed by atoms with E-state index in [2.05, 4.69) is 25.8 Å². The van der Waals surface area contributed by atoms with Gasteiger partial charge < -0.3 is 4.74 Å². The second-order valence-corrected chi connectivity index (χ2v) is 3.60. The minimum Gasteiger partial charge on any atom is -0.377 e. The highest BCUT2D eigenvalue weighted by Gasteiger charge is 1.96. The summed E-state index contributed by atoms with van der Waals surface area (Å²) in [4.78, 5) is 4.39. The predicted molar refractivity (Wildman–Crippen MR) is 53.9 cm³/mol. The molecule has 0 aliphatic rings. The first-order valence-electron chi connectivity index (χ1n) is 4.66. The molecule has 0 aromatic rings. The van der Waals surface area contributed by atoms with E-state index in [-0.39, 0.29) is 0 Å². The minimum absolute atomic E-state index is 0.319. The SMILES string of the molecule is CC(=NCCOC(C)C)C(C)C. The van der Waals surface area contributed by atoms with Crippen LogP contribution >= 0.6 is 0 Å². The Hall–Kier alpha value is -0.370. The zero-order valence-corrected chi connectivity index (χ0v) is 8.92. The Labute approximate surface area is 76.0 Å². The molecule has 0 spiro atoms. The van der Waals surface area contributed by atoms with E-state index in [0.717, 1.165) is 13.2 Å². The third-order valence-corrected chi connectivity index (χ3v) is 1.74. The van der Waals surface area contributed by atoms with Gasteiger partial charge in [-0.1, -0.05) is 13.8 Å². The summed E-state index contributed by atoms with van der Waals surface area (Å²) in [6, 6.07) is 0. The molecule has 0 amide bonds. The first kappa shape index (κ1) is 11.6. The molecule has 0 aromatic heterocycles. The Morgan fingerprint density at radius 3 is 2.25 bits per heavy atom. The van der Waals surface area contributed by atoms with Gasteiger partial charge in [-0.15, -0.1) is 0 Å². The first-order valence-corrected chi connectivity index (χ1v) is 4.66. The number of rotatable bonds is 5. The van der Waals surface area contributed by atoms with Crippen molar-refractivity contribution in [2.45, 2.75) is 40.7 Å². The fourth-order valence-electron chi connectivity index (χ4n) is 0.693. The number of nitrogens with zero attached hydrogens (tertiary/aromatic N) is 1. The van der Waals surface area contributed by atoms with Crippen molar-refractivity contribution in [3.05, 3.63) is 0 Å². The fraction of sp³-hybridized carbons (Fsp3) is 0.900. The Balaban J connectivity index is 3.47. The van der Waals surface area contributed by atoms with Gasteiger partial charge in [-0.2, -0.15) is 0 Å². The molecule has 0 bridgehead atoms. The van der Waals surface area contributed by atoms with Gasteiger partial charge in [0.1, 0.15) is 0 Å². The van der Waals surface area contributed by atoms with E-state index in [9.17, 15) is 0 Å². The van der Waals surface area contributed by atoms with Gasteiger partial charge in [-0.05, 0) is 26.7 Å². The van der Waals surface area contributed by atoms with Crippen LogP contribution in [0.15, 0.2) is 4.99 Å². The number of aliphatic imine (C=N–C) groups is 1. The molecule has 2 heteroatoms. The van der Waals surface area contributed by atoms with Crippen molar-refractivity contribution < 1.29 is 4.74 Å². The van der Waals surface area contributed by atoms with Crippen LogP contribution in [0.1, 0.15) is 34.6 Å². The zero-order chi connectivity index (χ0) is 9.56. The molecule has 0 aliphatic heterocycles. The van der Waals surface area contributed by atoms with Crippen molar-refractivity contribution in [2.75, 3.05) is 13.2 Å². The zero-order valence-electron chi connectivity index (χ0n) is 8.92. The van der Waals surface area contributed by atoms with Gasteiger partial charge in [0.05, 0.1) is 19.3 Å². The molecule has 0 aromatic carbocycles. The van der Waals surface area contributed by atoms with Gasteiger partial charge in [0.2, 0.25) is 0 Å². The maximum Gasteiger partial charge on any atom is 0.0665 e. The lowest BCUT2D eigenvalue weighted by molar-refractivity contribution is 0.0853. The van der Waals surface area contributed by atoms with Crippen LogP contribution in [0.2, 0.25) is 0 Å². The van der Waals surface area contributed by atoms with Gasteiger partial charge in [0.15, 0.2) is 0 Å². The van der Waals surface area contributed by atoms with E-state index >= 15 is 0 Å². The molecule has 72 valence electrons. The Kier molecular flexibility index (Phi) is 5.99. The van der Waals surface area contributed by atoms with Crippen LogP contribution in [-0.2, 0) is 4.74 Å². The Morgan fingerprint density at radius 2 is 1.83 bits per heavy atom. The number of hydrogen-bond acceptors (Lipinski definition) is 2. The maximum atomic E-state index is 5.36. The average Bonchev–Trinajstić information content (AvgIpc) is 1.97. The second kappa shape index (κ2) is 6.18. The van der Waals surface area contributed by atoms with Crippen molar-refractivity contribution >= 4 is 5.71 Å². The van der Waals surface area contributed by atoms with Crippen molar-refractivity contribution in [2.24, 2.45) is 10.9 Å². The fourth-order valence-corrected chi connectivity index (χ4v) is 0.693. The smallest absolute Gasteiger partial charge is 0.0665 e. The summed E-state index contributed by atoms with van der Waals surface area (Å²) in [6.45, 7) is 12.0. The van der Waals surface area contributed by atoms with Crippen LogP contribution in [0.4, 0.5) is 0 Å². The summed E-state index contributed by atoms with van der Waals surface area (Å²) in [5.41, 5.74) is 1.21. The standard InChI is InChI=1S/C10H21NO/c1-8(2)10(5)11-6-7-12-9(3)4/h8-9H,6-7H2,1-5H3. The summed E-state index contributed by atoms with van der Waals surface area (Å²) >= 11 is 0. The highest BCUT2D eigenvalue weighted by Crippen LogP contribution is 1.96.